The molecule has 112 valence electrons. The van der Waals surface area contributed by atoms with E-state index in [1.165, 1.54) is 0 Å². The lowest BCUT2D eigenvalue weighted by molar-refractivity contribution is -0.120. The van der Waals surface area contributed by atoms with Crippen molar-refractivity contribution in [1.29, 1.82) is 0 Å². The fraction of sp³-hybridized carbons (Fsp3) is 0.267. The van der Waals surface area contributed by atoms with E-state index < -0.39 is 16.0 Å². The molecule has 0 saturated heterocycles. The predicted molar refractivity (Wildman–Crippen MR) is 88.9 cm³/mol. The molecule has 1 amide bonds. The molecule has 2 unspecified atom stereocenters. The maximum Gasteiger partial charge on any atom is 0.235 e. The van der Waals surface area contributed by atoms with Crippen LogP contribution in [0.3, 0.4) is 0 Å². The molecule has 0 bridgehead atoms. The standard InChI is InChI=1S/C15H16ClNO2S2/c1-11(15(18)17-9-14-3-2-8-20-14)21(19)10-12-4-6-13(16)7-5-12/h2-8,11H,9-10H2,1H3,(H,17,18). The number of amides is 1. The molecule has 0 aliphatic heterocycles. The van der Waals surface area contributed by atoms with Crippen molar-refractivity contribution in [3.8, 4) is 0 Å². The number of carbonyl (C=O) groups excluding carboxylic acids is 1. The van der Waals surface area contributed by atoms with E-state index in [0.29, 0.717) is 17.3 Å². The Morgan fingerprint density at radius 2 is 2.05 bits per heavy atom. The van der Waals surface area contributed by atoms with E-state index in [1.54, 1.807) is 30.4 Å². The van der Waals surface area contributed by atoms with Crippen LogP contribution in [-0.2, 0) is 27.9 Å². The summed E-state index contributed by atoms with van der Waals surface area (Å²) in [6, 6.07) is 11.1. The fourth-order valence-electron chi connectivity index (χ4n) is 1.72. The van der Waals surface area contributed by atoms with Gasteiger partial charge >= 0.3 is 0 Å². The van der Waals surface area contributed by atoms with E-state index in [-0.39, 0.29) is 5.91 Å². The number of hydrogen-bond acceptors (Lipinski definition) is 3. The van der Waals surface area contributed by atoms with Crippen LogP contribution in [0.2, 0.25) is 5.02 Å². The molecule has 0 aliphatic rings. The normalized spacial score (nSPS) is 13.6. The van der Waals surface area contributed by atoms with Gasteiger partial charge in [0.2, 0.25) is 5.91 Å². The highest BCUT2D eigenvalue weighted by Crippen LogP contribution is 2.13. The molecule has 21 heavy (non-hydrogen) atoms. The first-order valence-electron chi connectivity index (χ1n) is 6.48. The Kier molecular flexibility index (Phi) is 5.96. The number of halogens is 1. The molecule has 2 atom stereocenters. The third-order valence-corrected chi connectivity index (χ3v) is 5.75. The topological polar surface area (TPSA) is 46.2 Å². The smallest absolute Gasteiger partial charge is 0.235 e. The van der Waals surface area contributed by atoms with Crippen molar-refractivity contribution in [2.45, 2.75) is 24.5 Å². The molecule has 2 aromatic rings. The molecular formula is C15H16ClNO2S2. The molecule has 1 N–H and O–H groups in total. The van der Waals surface area contributed by atoms with Gasteiger partial charge in [-0.25, -0.2) is 0 Å². The highest BCUT2D eigenvalue weighted by molar-refractivity contribution is 7.85. The van der Waals surface area contributed by atoms with Crippen LogP contribution in [0.15, 0.2) is 41.8 Å². The lowest BCUT2D eigenvalue weighted by Gasteiger charge is -2.12. The molecule has 1 aromatic carbocycles. The zero-order valence-electron chi connectivity index (χ0n) is 11.5. The molecule has 1 aromatic heterocycles. The second kappa shape index (κ2) is 7.73. The first-order valence-corrected chi connectivity index (χ1v) is 9.12. The first kappa shape index (κ1) is 16.2. The quantitative estimate of drug-likeness (QED) is 0.875. The summed E-state index contributed by atoms with van der Waals surface area (Å²) in [4.78, 5) is 13.1. The molecular weight excluding hydrogens is 326 g/mol. The summed E-state index contributed by atoms with van der Waals surface area (Å²) in [5, 5.41) is 4.88. The number of thiophene rings is 1. The van der Waals surface area contributed by atoms with Crippen molar-refractivity contribution in [2.75, 3.05) is 0 Å². The molecule has 6 heteroatoms. The van der Waals surface area contributed by atoms with Gasteiger partial charge in [0.15, 0.2) is 0 Å². The van der Waals surface area contributed by atoms with Crippen LogP contribution in [-0.4, -0.2) is 15.4 Å². The second-order valence-electron chi connectivity index (χ2n) is 4.59. The van der Waals surface area contributed by atoms with E-state index in [1.807, 2.05) is 29.6 Å². The summed E-state index contributed by atoms with van der Waals surface area (Å²) in [6.45, 7) is 2.18. The predicted octanol–water partition coefficient (Wildman–Crippen LogP) is 3.36. The lowest BCUT2D eigenvalue weighted by Crippen LogP contribution is -2.35. The zero-order valence-corrected chi connectivity index (χ0v) is 13.9. The number of benzene rings is 1. The molecule has 1 heterocycles. The van der Waals surface area contributed by atoms with Gasteiger partial charge in [-0.15, -0.1) is 11.3 Å². The number of hydrogen-bond donors (Lipinski definition) is 1. The first-order chi connectivity index (χ1) is 10.1. The van der Waals surface area contributed by atoms with Crippen LogP contribution in [0.4, 0.5) is 0 Å². The summed E-state index contributed by atoms with van der Waals surface area (Å²) in [5.74, 6) is 0.167. The highest BCUT2D eigenvalue weighted by atomic mass is 35.5. The van der Waals surface area contributed by atoms with Crippen molar-refractivity contribution in [3.05, 3.63) is 57.2 Å². The van der Waals surface area contributed by atoms with E-state index >= 15 is 0 Å². The van der Waals surface area contributed by atoms with Gasteiger partial charge in [-0.05, 0) is 36.1 Å². The summed E-state index contributed by atoms with van der Waals surface area (Å²) < 4.78 is 12.2. The Bertz CT molecular complexity index is 611. The molecule has 2 rings (SSSR count). The van der Waals surface area contributed by atoms with Crippen molar-refractivity contribution >= 4 is 39.6 Å². The minimum absolute atomic E-state index is 0.185. The van der Waals surface area contributed by atoms with Gasteiger partial charge in [-0.3, -0.25) is 9.00 Å². The van der Waals surface area contributed by atoms with Gasteiger partial charge in [0.05, 0.1) is 6.54 Å². The van der Waals surface area contributed by atoms with E-state index in [0.717, 1.165) is 10.4 Å². The highest BCUT2D eigenvalue weighted by Gasteiger charge is 2.19. The monoisotopic (exact) mass is 341 g/mol. The van der Waals surface area contributed by atoms with Gasteiger partial charge in [-0.1, -0.05) is 29.8 Å². The van der Waals surface area contributed by atoms with E-state index in [9.17, 15) is 9.00 Å². The summed E-state index contributed by atoms with van der Waals surface area (Å²) in [5.41, 5.74) is 0.913. The Hall–Kier alpha value is -1.17. The second-order valence-corrected chi connectivity index (χ2v) is 7.82. The lowest BCUT2D eigenvalue weighted by atomic mass is 10.2. The van der Waals surface area contributed by atoms with Crippen molar-refractivity contribution in [2.24, 2.45) is 0 Å². The average molecular weight is 342 g/mol. The Labute approximate surface area is 135 Å². The summed E-state index contributed by atoms with van der Waals surface area (Å²) in [6.07, 6.45) is 0. The van der Waals surface area contributed by atoms with Gasteiger partial charge in [0, 0.05) is 26.5 Å². The van der Waals surface area contributed by atoms with Crippen molar-refractivity contribution in [3.63, 3.8) is 0 Å². The Balaban J connectivity index is 1.86. The molecule has 3 nitrogen and oxygen atoms in total. The van der Waals surface area contributed by atoms with Gasteiger partial charge in [0.25, 0.3) is 0 Å². The van der Waals surface area contributed by atoms with Gasteiger partial charge in [-0.2, -0.15) is 0 Å². The van der Waals surface area contributed by atoms with Crippen LogP contribution < -0.4 is 5.32 Å². The van der Waals surface area contributed by atoms with Crippen LogP contribution in [0.25, 0.3) is 0 Å². The van der Waals surface area contributed by atoms with Crippen LogP contribution in [0.1, 0.15) is 17.4 Å². The largest absolute Gasteiger partial charge is 0.350 e. The van der Waals surface area contributed by atoms with E-state index in [4.69, 9.17) is 11.6 Å². The van der Waals surface area contributed by atoms with Gasteiger partial charge in [0.1, 0.15) is 5.25 Å². The molecule has 0 aliphatic carbocycles. The van der Waals surface area contributed by atoms with Crippen molar-refractivity contribution < 1.29 is 9.00 Å². The molecule has 0 saturated carbocycles. The minimum Gasteiger partial charge on any atom is -0.350 e. The van der Waals surface area contributed by atoms with Crippen LogP contribution >= 0.6 is 22.9 Å². The maximum absolute atomic E-state index is 12.2. The van der Waals surface area contributed by atoms with Crippen molar-refractivity contribution in [1.82, 2.24) is 5.32 Å². The van der Waals surface area contributed by atoms with Crippen LogP contribution in [0, 0.1) is 0 Å². The summed E-state index contributed by atoms with van der Waals surface area (Å²) in [7, 11) is -1.25. The minimum atomic E-state index is -1.25. The number of rotatable bonds is 6. The number of nitrogens with one attached hydrogen (secondary N) is 1. The molecule has 0 spiro atoms. The number of carbonyl (C=O) groups is 1. The van der Waals surface area contributed by atoms with Gasteiger partial charge < -0.3 is 5.32 Å². The fourth-order valence-corrected chi connectivity index (χ4v) is 3.58. The average Bonchev–Trinajstić information content (AvgIpc) is 2.99. The third kappa shape index (κ3) is 4.95. The third-order valence-electron chi connectivity index (χ3n) is 3.00. The Morgan fingerprint density at radius 3 is 2.67 bits per heavy atom. The molecule has 0 fully saturated rings. The van der Waals surface area contributed by atoms with Crippen LogP contribution in [0.5, 0.6) is 0 Å². The molecule has 0 radical (unpaired) electrons. The zero-order chi connectivity index (χ0) is 15.2. The SMILES string of the molecule is CC(C(=O)NCc1cccs1)S(=O)Cc1ccc(Cl)cc1. The maximum atomic E-state index is 12.2. The van der Waals surface area contributed by atoms with E-state index in [2.05, 4.69) is 5.32 Å². The Morgan fingerprint density at radius 1 is 1.33 bits per heavy atom. The summed E-state index contributed by atoms with van der Waals surface area (Å²) >= 11 is 7.40.